The fourth-order valence-corrected chi connectivity index (χ4v) is 5.78. The maximum absolute atomic E-state index is 13.1. The van der Waals surface area contributed by atoms with Crippen LogP contribution in [0.15, 0.2) is 65.6 Å². The molecule has 0 aromatic heterocycles. The third-order valence-corrected chi connectivity index (χ3v) is 7.63. The van der Waals surface area contributed by atoms with Gasteiger partial charge in [-0.15, -0.1) is 0 Å². The fourth-order valence-electron chi connectivity index (χ4n) is 4.12. The Morgan fingerprint density at radius 2 is 1.81 bits per heavy atom. The zero-order chi connectivity index (χ0) is 22.9. The molecule has 166 valence electrons. The quantitative estimate of drug-likeness (QED) is 0.514. The number of benzene rings is 3. The number of halogens is 1. The van der Waals surface area contributed by atoms with E-state index >= 15 is 0 Å². The van der Waals surface area contributed by atoms with Gasteiger partial charge in [0.05, 0.1) is 16.8 Å². The first-order chi connectivity index (χ1) is 15.2. The molecular formula is C25H25ClN2O3S. The molecule has 1 aliphatic rings. The Bertz CT molecular complexity index is 1290. The number of amides is 1. The Morgan fingerprint density at radius 3 is 2.59 bits per heavy atom. The summed E-state index contributed by atoms with van der Waals surface area (Å²) in [5.41, 5.74) is 4.91. The van der Waals surface area contributed by atoms with E-state index in [0.29, 0.717) is 5.69 Å². The van der Waals surface area contributed by atoms with E-state index in [9.17, 15) is 13.2 Å². The van der Waals surface area contributed by atoms with Crippen molar-refractivity contribution < 1.29 is 13.2 Å². The van der Waals surface area contributed by atoms with Gasteiger partial charge in [-0.05, 0) is 74.1 Å². The highest BCUT2D eigenvalue weighted by Gasteiger charge is 2.24. The van der Waals surface area contributed by atoms with Crippen molar-refractivity contribution >= 4 is 33.2 Å². The summed E-state index contributed by atoms with van der Waals surface area (Å²) in [6, 6.07) is 17.7. The third-order valence-electron chi connectivity index (χ3n) is 5.78. The molecule has 1 amide bonds. The summed E-state index contributed by atoms with van der Waals surface area (Å²) in [5, 5.41) is 3.11. The van der Waals surface area contributed by atoms with Gasteiger partial charge in [-0.3, -0.25) is 9.52 Å². The topological polar surface area (TPSA) is 75.3 Å². The minimum Gasteiger partial charge on any atom is -0.345 e. The number of hydrogen-bond donors (Lipinski definition) is 2. The molecular weight excluding hydrogens is 444 g/mol. The van der Waals surface area contributed by atoms with Crippen molar-refractivity contribution in [2.24, 2.45) is 0 Å². The second-order valence-electron chi connectivity index (χ2n) is 8.19. The molecule has 0 bridgehead atoms. The lowest BCUT2D eigenvalue weighted by molar-refractivity contribution is 0.0932. The maximum Gasteiger partial charge on any atom is 0.263 e. The molecule has 4 rings (SSSR count). The number of sulfonamides is 1. The molecule has 0 radical (unpaired) electrons. The van der Waals surface area contributed by atoms with Crippen molar-refractivity contribution in [3.8, 4) is 0 Å². The molecule has 32 heavy (non-hydrogen) atoms. The second kappa shape index (κ2) is 8.96. The molecule has 0 spiro atoms. The van der Waals surface area contributed by atoms with Gasteiger partial charge in [0, 0.05) is 5.56 Å². The SMILES string of the molecule is Cc1ccc(NS(=O)(=O)c2cc(C(=O)N[C@@H]3CCCc4ccccc43)ccc2Cl)c(C)c1. The molecule has 0 saturated carbocycles. The fraction of sp³-hybridized carbons (Fsp3) is 0.240. The Kier molecular flexibility index (Phi) is 6.26. The van der Waals surface area contributed by atoms with Crippen molar-refractivity contribution in [2.75, 3.05) is 4.72 Å². The van der Waals surface area contributed by atoms with Crippen molar-refractivity contribution in [3.63, 3.8) is 0 Å². The van der Waals surface area contributed by atoms with Gasteiger partial charge in [-0.1, -0.05) is 53.6 Å². The van der Waals surface area contributed by atoms with Gasteiger partial charge in [0.2, 0.25) is 0 Å². The smallest absolute Gasteiger partial charge is 0.263 e. The van der Waals surface area contributed by atoms with Crippen LogP contribution < -0.4 is 10.0 Å². The van der Waals surface area contributed by atoms with Crippen LogP contribution in [0, 0.1) is 13.8 Å². The number of aryl methyl sites for hydroxylation is 3. The van der Waals surface area contributed by atoms with Gasteiger partial charge in [0.1, 0.15) is 4.90 Å². The number of carbonyl (C=O) groups excluding carboxylic acids is 1. The summed E-state index contributed by atoms with van der Waals surface area (Å²) in [6.07, 6.45) is 2.83. The number of carbonyl (C=O) groups is 1. The predicted molar refractivity (Wildman–Crippen MR) is 128 cm³/mol. The first-order valence-electron chi connectivity index (χ1n) is 10.5. The highest BCUT2D eigenvalue weighted by atomic mass is 35.5. The number of hydrogen-bond acceptors (Lipinski definition) is 3. The van der Waals surface area contributed by atoms with Gasteiger partial charge >= 0.3 is 0 Å². The molecule has 3 aromatic carbocycles. The van der Waals surface area contributed by atoms with Gasteiger partial charge in [-0.25, -0.2) is 8.42 Å². The van der Waals surface area contributed by atoms with E-state index in [1.54, 1.807) is 12.1 Å². The lowest BCUT2D eigenvalue weighted by Gasteiger charge is -2.26. The molecule has 5 nitrogen and oxygen atoms in total. The molecule has 0 heterocycles. The summed E-state index contributed by atoms with van der Waals surface area (Å²) in [5.74, 6) is -0.327. The van der Waals surface area contributed by atoms with Crippen LogP contribution in [-0.4, -0.2) is 14.3 Å². The van der Waals surface area contributed by atoms with Crippen molar-refractivity contribution in [2.45, 2.75) is 44.0 Å². The number of nitrogens with one attached hydrogen (secondary N) is 2. The van der Waals surface area contributed by atoms with Crippen molar-refractivity contribution in [1.82, 2.24) is 5.32 Å². The summed E-state index contributed by atoms with van der Waals surface area (Å²) >= 11 is 6.22. The molecule has 7 heteroatoms. The average Bonchev–Trinajstić information content (AvgIpc) is 2.76. The molecule has 0 saturated heterocycles. The van der Waals surface area contributed by atoms with Crippen LogP contribution in [0.2, 0.25) is 5.02 Å². The van der Waals surface area contributed by atoms with E-state index in [0.717, 1.165) is 36.0 Å². The van der Waals surface area contributed by atoms with Crippen LogP contribution in [-0.2, 0) is 16.4 Å². The third kappa shape index (κ3) is 4.66. The monoisotopic (exact) mass is 468 g/mol. The van der Waals surface area contributed by atoms with Gasteiger partial charge in [0.15, 0.2) is 0 Å². The Balaban J connectivity index is 1.59. The van der Waals surface area contributed by atoms with E-state index in [4.69, 9.17) is 11.6 Å². The van der Waals surface area contributed by atoms with Crippen LogP contribution >= 0.6 is 11.6 Å². The Labute approximate surface area is 193 Å². The standard InChI is InChI=1S/C25H25ClN2O3S/c1-16-10-13-22(17(2)14-16)28-32(30,31)24-15-19(11-12-21(24)26)25(29)27-23-9-5-7-18-6-3-4-8-20(18)23/h3-4,6,8,10-15,23,28H,5,7,9H2,1-2H3,(H,27,29)/t23-/m1/s1. The largest absolute Gasteiger partial charge is 0.345 e. The molecule has 1 atom stereocenters. The zero-order valence-corrected chi connectivity index (χ0v) is 19.6. The highest BCUT2D eigenvalue weighted by Crippen LogP contribution is 2.31. The van der Waals surface area contributed by atoms with Gasteiger partial charge < -0.3 is 5.32 Å². The molecule has 3 aromatic rings. The molecule has 0 unspecified atom stereocenters. The van der Waals surface area contributed by atoms with Crippen LogP contribution in [0.5, 0.6) is 0 Å². The maximum atomic E-state index is 13.1. The second-order valence-corrected chi connectivity index (χ2v) is 10.2. The van der Waals surface area contributed by atoms with Crippen molar-refractivity contribution in [1.29, 1.82) is 0 Å². The molecule has 0 fully saturated rings. The summed E-state index contributed by atoms with van der Waals surface area (Å²) in [7, 11) is -3.98. The lowest BCUT2D eigenvalue weighted by Crippen LogP contribution is -2.31. The minimum absolute atomic E-state index is 0.0572. The molecule has 1 aliphatic carbocycles. The lowest BCUT2D eigenvalue weighted by atomic mass is 9.87. The van der Waals surface area contributed by atoms with Crippen LogP contribution in [0.3, 0.4) is 0 Å². The number of rotatable bonds is 5. The van der Waals surface area contributed by atoms with E-state index < -0.39 is 10.0 Å². The summed E-state index contributed by atoms with van der Waals surface area (Å²) in [6.45, 7) is 3.77. The summed E-state index contributed by atoms with van der Waals surface area (Å²) in [4.78, 5) is 12.9. The Morgan fingerprint density at radius 1 is 1.03 bits per heavy atom. The zero-order valence-electron chi connectivity index (χ0n) is 18.0. The number of fused-ring (bicyclic) bond motifs is 1. The van der Waals surface area contributed by atoms with E-state index in [2.05, 4.69) is 16.1 Å². The van der Waals surface area contributed by atoms with Crippen molar-refractivity contribution in [3.05, 3.63) is 93.5 Å². The number of anilines is 1. The predicted octanol–water partition coefficient (Wildman–Crippen LogP) is 5.57. The van der Waals surface area contributed by atoms with Crippen LogP contribution in [0.4, 0.5) is 5.69 Å². The first kappa shape index (κ1) is 22.4. The minimum atomic E-state index is -3.98. The average molecular weight is 469 g/mol. The van der Waals surface area contributed by atoms with E-state index in [1.807, 2.05) is 44.2 Å². The summed E-state index contributed by atoms with van der Waals surface area (Å²) < 4.78 is 28.7. The highest BCUT2D eigenvalue weighted by molar-refractivity contribution is 7.92. The van der Waals surface area contributed by atoms with Gasteiger partial charge in [-0.2, -0.15) is 0 Å². The van der Waals surface area contributed by atoms with Crippen LogP contribution in [0.25, 0.3) is 0 Å². The van der Waals surface area contributed by atoms with E-state index in [-0.39, 0.29) is 27.4 Å². The molecule has 0 aliphatic heterocycles. The van der Waals surface area contributed by atoms with Crippen LogP contribution in [0.1, 0.15) is 51.5 Å². The molecule has 2 N–H and O–H groups in total. The van der Waals surface area contributed by atoms with Gasteiger partial charge in [0.25, 0.3) is 15.9 Å². The Hall–Kier alpha value is -2.83. The first-order valence-corrected chi connectivity index (χ1v) is 12.4. The normalized spacial score (nSPS) is 15.7. The van der Waals surface area contributed by atoms with E-state index in [1.165, 1.54) is 17.7 Å².